The van der Waals surface area contributed by atoms with Crippen molar-refractivity contribution in [3.8, 4) is 0 Å². The van der Waals surface area contributed by atoms with E-state index in [1.807, 2.05) is 11.0 Å². The number of piperazine rings is 1. The number of carbonyl (C=O) groups is 2. The molecule has 0 unspecified atom stereocenters. The summed E-state index contributed by atoms with van der Waals surface area (Å²) in [5.74, 6) is -0.234. The number of halogens is 1. The van der Waals surface area contributed by atoms with Crippen LogP contribution < -0.4 is 5.32 Å². The molecule has 0 spiro atoms. The molecule has 0 bridgehead atoms. The van der Waals surface area contributed by atoms with Crippen LogP contribution in [0.4, 0.5) is 0 Å². The van der Waals surface area contributed by atoms with Crippen LogP contribution in [-0.2, 0) is 11.3 Å². The van der Waals surface area contributed by atoms with Gasteiger partial charge < -0.3 is 10.2 Å². The van der Waals surface area contributed by atoms with Gasteiger partial charge in [0.15, 0.2) is 0 Å². The van der Waals surface area contributed by atoms with Gasteiger partial charge in [0, 0.05) is 32.7 Å². The number of hydrogen-bond acceptors (Lipinski definition) is 4. The van der Waals surface area contributed by atoms with Crippen molar-refractivity contribution >= 4 is 49.9 Å². The lowest BCUT2D eigenvalue weighted by atomic mass is 10.0. The van der Waals surface area contributed by atoms with Crippen molar-refractivity contribution in [3.05, 3.63) is 68.8 Å². The van der Waals surface area contributed by atoms with Gasteiger partial charge >= 0.3 is 0 Å². The normalized spacial score (nSPS) is 14.9. The van der Waals surface area contributed by atoms with Gasteiger partial charge in [0.25, 0.3) is 5.91 Å². The van der Waals surface area contributed by atoms with Crippen LogP contribution in [0.1, 0.15) is 15.2 Å². The van der Waals surface area contributed by atoms with E-state index in [4.69, 9.17) is 0 Å². The lowest BCUT2D eigenvalue weighted by Crippen LogP contribution is -2.50. The van der Waals surface area contributed by atoms with E-state index >= 15 is 0 Å². The van der Waals surface area contributed by atoms with E-state index in [0.717, 1.165) is 23.4 Å². The topological polar surface area (TPSA) is 52.7 Å². The Hall–Kier alpha value is -2.22. The summed E-state index contributed by atoms with van der Waals surface area (Å²) in [4.78, 5) is 29.4. The highest BCUT2D eigenvalue weighted by molar-refractivity contribution is 9.11. The summed E-state index contributed by atoms with van der Waals surface area (Å²) >= 11 is 4.70. The van der Waals surface area contributed by atoms with E-state index < -0.39 is 0 Å². The molecule has 1 fully saturated rings. The maximum atomic E-state index is 12.5. The molecule has 7 heteroatoms. The Morgan fingerprint density at radius 1 is 0.966 bits per heavy atom. The summed E-state index contributed by atoms with van der Waals surface area (Å²) in [6, 6.07) is 18.4. The van der Waals surface area contributed by atoms with Crippen LogP contribution >= 0.6 is 27.3 Å². The third-order valence-corrected chi connectivity index (χ3v) is 6.82. The molecule has 1 aromatic heterocycles. The van der Waals surface area contributed by atoms with E-state index in [0.29, 0.717) is 18.0 Å². The van der Waals surface area contributed by atoms with Crippen molar-refractivity contribution in [3.63, 3.8) is 0 Å². The van der Waals surface area contributed by atoms with Crippen LogP contribution in [0.15, 0.2) is 58.4 Å². The van der Waals surface area contributed by atoms with Gasteiger partial charge in [-0.2, -0.15) is 0 Å². The molecule has 1 N–H and O–H groups in total. The molecule has 2 heterocycles. The van der Waals surface area contributed by atoms with Crippen LogP contribution in [0.25, 0.3) is 10.8 Å². The summed E-state index contributed by atoms with van der Waals surface area (Å²) in [6.07, 6.45) is 0. The highest BCUT2D eigenvalue weighted by atomic mass is 79.9. The van der Waals surface area contributed by atoms with Crippen molar-refractivity contribution in [1.29, 1.82) is 0 Å². The van der Waals surface area contributed by atoms with Gasteiger partial charge in [0.05, 0.1) is 15.2 Å². The van der Waals surface area contributed by atoms with E-state index in [2.05, 4.69) is 68.6 Å². The average Bonchev–Trinajstić information content (AvgIpc) is 3.19. The number of nitrogens with zero attached hydrogens (tertiary/aromatic N) is 2. The van der Waals surface area contributed by atoms with Crippen LogP contribution in [0.2, 0.25) is 0 Å². The van der Waals surface area contributed by atoms with Gasteiger partial charge in [-0.1, -0.05) is 42.5 Å². The van der Waals surface area contributed by atoms with Crippen molar-refractivity contribution < 1.29 is 9.59 Å². The van der Waals surface area contributed by atoms with Gasteiger partial charge in [-0.25, -0.2) is 0 Å². The number of amides is 2. The minimum absolute atomic E-state index is 0.0289. The number of thiophene rings is 1. The second-order valence-electron chi connectivity index (χ2n) is 7.08. The first-order valence-corrected chi connectivity index (χ1v) is 11.2. The molecule has 2 aromatic carbocycles. The zero-order chi connectivity index (χ0) is 20.2. The van der Waals surface area contributed by atoms with E-state index in [-0.39, 0.29) is 18.4 Å². The Kier molecular flexibility index (Phi) is 6.28. The number of carbonyl (C=O) groups excluding carboxylic acids is 2. The summed E-state index contributed by atoms with van der Waals surface area (Å²) < 4.78 is 0.899. The number of nitrogens with one attached hydrogen (secondary N) is 1. The van der Waals surface area contributed by atoms with E-state index in [1.165, 1.54) is 27.7 Å². The molecule has 1 aliphatic rings. The van der Waals surface area contributed by atoms with E-state index in [9.17, 15) is 9.59 Å². The molecule has 4 rings (SSSR count). The lowest BCUT2D eigenvalue weighted by molar-refractivity contribution is -0.131. The van der Waals surface area contributed by atoms with Crippen molar-refractivity contribution in [1.82, 2.24) is 15.1 Å². The standard InChI is InChI=1S/C22H22BrN3O2S/c23-20-9-8-19(29-20)22(28)24-14-21(27)26-12-10-25(11-13-26)15-17-6-3-5-16-4-1-2-7-18(16)17/h1-9H,10-15H2,(H,24,28). The zero-order valence-corrected chi connectivity index (χ0v) is 18.3. The predicted octanol–water partition coefficient (Wildman–Crippen LogP) is 3.74. The molecule has 0 atom stereocenters. The molecule has 2 amide bonds. The third-order valence-electron chi connectivity index (χ3n) is 5.20. The van der Waals surface area contributed by atoms with Crippen LogP contribution in [0, 0.1) is 0 Å². The predicted molar refractivity (Wildman–Crippen MR) is 120 cm³/mol. The molecule has 0 aliphatic carbocycles. The Bertz CT molecular complexity index is 1020. The maximum Gasteiger partial charge on any atom is 0.261 e. The van der Waals surface area contributed by atoms with Gasteiger partial charge in [-0.3, -0.25) is 14.5 Å². The fourth-order valence-electron chi connectivity index (χ4n) is 3.62. The smallest absolute Gasteiger partial charge is 0.261 e. The lowest BCUT2D eigenvalue weighted by Gasteiger charge is -2.35. The first kappa shape index (κ1) is 20.1. The van der Waals surface area contributed by atoms with Gasteiger partial charge in [0.1, 0.15) is 0 Å². The van der Waals surface area contributed by atoms with Gasteiger partial charge in [-0.15, -0.1) is 11.3 Å². The molecular formula is C22H22BrN3O2S. The Morgan fingerprint density at radius 3 is 2.48 bits per heavy atom. The van der Waals surface area contributed by atoms with Crippen molar-refractivity contribution in [2.45, 2.75) is 6.54 Å². The van der Waals surface area contributed by atoms with Gasteiger partial charge in [0.2, 0.25) is 5.91 Å². The Balaban J connectivity index is 1.27. The molecule has 1 aliphatic heterocycles. The van der Waals surface area contributed by atoms with Crippen LogP contribution in [-0.4, -0.2) is 54.3 Å². The van der Waals surface area contributed by atoms with Crippen molar-refractivity contribution in [2.24, 2.45) is 0 Å². The Labute approximate surface area is 182 Å². The number of fused-ring (bicyclic) bond motifs is 1. The second-order valence-corrected chi connectivity index (χ2v) is 9.54. The molecular weight excluding hydrogens is 450 g/mol. The largest absolute Gasteiger partial charge is 0.342 e. The average molecular weight is 472 g/mol. The highest BCUT2D eigenvalue weighted by Gasteiger charge is 2.22. The monoisotopic (exact) mass is 471 g/mol. The molecule has 5 nitrogen and oxygen atoms in total. The van der Waals surface area contributed by atoms with Gasteiger partial charge in [-0.05, 0) is 44.4 Å². The summed E-state index contributed by atoms with van der Waals surface area (Å²) in [6.45, 7) is 3.96. The number of rotatable bonds is 5. The molecule has 0 saturated carbocycles. The first-order chi connectivity index (χ1) is 14.1. The zero-order valence-electron chi connectivity index (χ0n) is 15.9. The van der Waals surface area contributed by atoms with Crippen LogP contribution in [0.5, 0.6) is 0 Å². The Morgan fingerprint density at radius 2 is 1.72 bits per heavy atom. The third kappa shape index (κ3) is 4.86. The summed E-state index contributed by atoms with van der Waals surface area (Å²) in [5.41, 5.74) is 1.32. The molecule has 1 saturated heterocycles. The molecule has 29 heavy (non-hydrogen) atoms. The number of benzene rings is 2. The minimum atomic E-state index is -0.205. The van der Waals surface area contributed by atoms with Crippen molar-refractivity contribution in [2.75, 3.05) is 32.7 Å². The fraction of sp³-hybridized carbons (Fsp3) is 0.273. The van der Waals surface area contributed by atoms with E-state index in [1.54, 1.807) is 6.07 Å². The summed E-state index contributed by atoms with van der Waals surface area (Å²) in [7, 11) is 0. The summed E-state index contributed by atoms with van der Waals surface area (Å²) in [5, 5.41) is 5.27. The quantitative estimate of drug-likeness (QED) is 0.616. The minimum Gasteiger partial charge on any atom is -0.342 e. The fourth-order valence-corrected chi connectivity index (χ4v) is 4.92. The molecule has 3 aromatic rings. The number of hydrogen-bond donors (Lipinski definition) is 1. The molecule has 0 radical (unpaired) electrons. The molecule has 150 valence electrons. The SMILES string of the molecule is O=C(NCC(=O)N1CCN(Cc2cccc3ccccc23)CC1)c1ccc(Br)s1. The second kappa shape index (κ2) is 9.07. The highest BCUT2D eigenvalue weighted by Crippen LogP contribution is 2.22. The maximum absolute atomic E-state index is 12.5. The van der Waals surface area contributed by atoms with Crippen LogP contribution in [0.3, 0.4) is 0 Å². The first-order valence-electron chi connectivity index (χ1n) is 9.60.